The normalized spacial score (nSPS) is 12.7. The van der Waals surface area contributed by atoms with Crippen LogP contribution in [0.5, 0.6) is 5.75 Å². The minimum atomic E-state index is -4.49. The minimum absolute atomic E-state index is 0.00253. The van der Waals surface area contributed by atoms with Crippen LogP contribution >= 0.6 is 0 Å². The zero-order chi connectivity index (χ0) is 34.7. The van der Waals surface area contributed by atoms with Crippen LogP contribution in [0.2, 0.25) is 0 Å². The number of benzene rings is 4. The van der Waals surface area contributed by atoms with Crippen LogP contribution in [0.4, 0.5) is 0 Å². The number of carbonyl (C=O) groups excluding carboxylic acids is 1. The molecule has 4 rings (SSSR count). The van der Waals surface area contributed by atoms with Gasteiger partial charge < -0.3 is 20.1 Å². The number of aromatic hydroxyl groups is 1. The van der Waals surface area contributed by atoms with Gasteiger partial charge in [0.05, 0.1) is 14.7 Å². The molecule has 0 radical (unpaired) electrons. The molecule has 254 valence electrons. The Morgan fingerprint density at radius 3 is 1.30 bits per heavy atom. The van der Waals surface area contributed by atoms with Gasteiger partial charge in [0.1, 0.15) is 11.5 Å². The number of nitrogens with one attached hydrogen (secondary N) is 3. The van der Waals surface area contributed by atoms with E-state index in [0.29, 0.717) is 0 Å². The highest BCUT2D eigenvalue weighted by molar-refractivity contribution is 7.90. The number of hydrogen-bond donors (Lipinski definition) is 6. The summed E-state index contributed by atoms with van der Waals surface area (Å²) in [6.45, 7) is 0.700. The van der Waals surface area contributed by atoms with Gasteiger partial charge in [-0.3, -0.25) is 9.59 Å². The molecule has 4 aromatic carbocycles. The summed E-state index contributed by atoms with van der Waals surface area (Å²) in [6.07, 6.45) is -0.432. The first-order chi connectivity index (χ1) is 22.0. The van der Waals surface area contributed by atoms with Crippen LogP contribution in [0.15, 0.2) is 51.1 Å². The third-order valence-electron chi connectivity index (χ3n) is 7.35. The van der Waals surface area contributed by atoms with E-state index in [0.717, 1.165) is 12.1 Å². The van der Waals surface area contributed by atoms with E-state index in [4.69, 9.17) is 10.2 Å². The van der Waals surface area contributed by atoms with Gasteiger partial charge in [0.15, 0.2) is 0 Å². The Bertz CT molecular complexity index is 2130. The van der Waals surface area contributed by atoms with Crippen molar-refractivity contribution >= 4 is 80.1 Å². The smallest absolute Gasteiger partial charge is 0.303 e. The first-order valence-corrected chi connectivity index (χ1v) is 18.8. The lowest BCUT2D eigenvalue weighted by molar-refractivity contribution is -0.138. The second-order valence-corrected chi connectivity index (χ2v) is 16.0. The van der Waals surface area contributed by atoms with Crippen molar-refractivity contribution in [2.45, 2.75) is 60.1 Å². The van der Waals surface area contributed by atoms with Crippen LogP contribution in [0.3, 0.4) is 0 Å². The number of sulfonamides is 3. The zero-order valence-corrected chi connectivity index (χ0v) is 27.5. The van der Waals surface area contributed by atoms with Gasteiger partial charge in [-0.05, 0) is 38.3 Å². The van der Waals surface area contributed by atoms with Crippen LogP contribution in [0, 0.1) is 0 Å². The SMILES string of the molecule is CC(=O)CCCNS(=O)(=O)c1cc(S(=O)(=O)NCCCC(=O)O)c2ccc3c(S(=O)(=O)NCCCC(=O)O)cc(O)c4ccc1c2c43. The van der Waals surface area contributed by atoms with E-state index in [1.807, 2.05) is 0 Å². The number of phenols is 1. The molecule has 0 saturated carbocycles. The lowest BCUT2D eigenvalue weighted by atomic mass is 9.94. The van der Waals surface area contributed by atoms with Gasteiger partial charge in [-0.15, -0.1) is 0 Å². The number of hydrogen-bond acceptors (Lipinski definition) is 10. The predicted molar refractivity (Wildman–Crippen MR) is 171 cm³/mol. The Kier molecular flexibility index (Phi) is 10.7. The van der Waals surface area contributed by atoms with E-state index >= 15 is 0 Å². The van der Waals surface area contributed by atoms with Crippen LogP contribution in [0.1, 0.15) is 45.4 Å². The Labute approximate surface area is 270 Å². The third kappa shape index (κ3) is 7.96. The molecule has 0 amide bonds. The molecule has 0 atom stereocenters. The number of carbonyl (C=O) groups is 3. The summed E-state index contributed by atoms with van der Waals surface area (Å²) in [7, 11) is -13.3. The average molecular weight is 712 g/mol. The summed E-state index contributed by atoms with van der Waals surface area (Å²) in [5.41, 5.74) is 0. The monoisotopic (exact) mass is 711 g/mol. The van der Waals surface area contributed by atoms with Crippen LogP contribution in [-0.4, -0.2) is 77.9 Å². The molecule has 47 heavy (non-hydrogen) atoms. The summed E-state index contributed by atoms with van der Waals surface area (Å²) >= 11 is 0. The fourth-order valence-electron chi connectivity index (χ4n) is 5.22. The van der Waals surface area contributed by atoms with Crippen molar-refractivity contribution in [1.82, 2.24) is 14.2 Å². The Balaban J connectivity index is 1.98. The summed E-state index contributed by atoms with van der Waals surface area (Å²) in [6, 6.07) is 7.33. The topological polar surface area (TPSA) is 250 Å². The Hall–Kier alpha value is -3.94. The van der Waals surface area contributed by atoms with E-state index in [1.165, 1.54) is 31.2 Å². The fourth-order valence-corrected chi connectivity index (χ4v) is 9.19. The highest BCUT2D eigenvalue weighted by atomic mass is 32.2. The lowest BCUT2D eigenvalue weighted by Gasteiger charge is -2.20. The van der Waals surface area contributed by atoms with Gasteiger partial charge in [0.2, 0.25) is 30.1 Å². The van der Waals surface area contributed by atoms with Gasteiger partial charge in [0.25, 0.3) is 0 Å². The summed E-state index contributed by atoms with van der Waals surface area (Å²) in [5, 5.41) is 29.0. The molecule has 0 aliphatic rings. The van der Waals surface area contributed by atoms with Crippen molar-refractivity contribution in [3.8, 4) is 5.75 Å². The molecule has 18 heteroatoms. The van der Waals surface area contributed by atoms with Crippen LogP contribution in [0.25, 0.3) is 32.3 Å². The molecule has 4 aromatic rings. The number of Topliss-reactive ketones (excluding diaryl/α,β-unsaturated/α-hetero) is 1. The fraction of sp³-hybridized carbons (Fsp3) is 0.345. The van der Waals surface area contributed by atoms with Gasteiger partial charge in [-0.1, -0.05) is 18.2 Å². The van der Waals surface area contributed by atoms with E-state index in [-0.39, 0.29) is 96.3 Å². The average Bonchev–Trinajstić information content (AvgIpc) is 2.98. The third-order valence-corrected chi connectivity index (χ3v) is 11.9. The maximum absolute atomic E-state index is 13.7. The van der Waals surface area contributed by atoms with Crippen molar-refractivity contribution in [2.24, 2.45) is 0 Å². The molecule has 0 fully saturated rings. The molecule has 6 N–H and O–H groups in total. The molecule has 0 unspecified atom stereocenters. The number of carboxylic acid groups (broad SMARTS) is 2. The minimum Gasteiger partial charge on any atom is -0.507 e. The molecule has 15 nitrogen and oxygen atoms in total. The summed E-state index contributed by atoms with van der Waals surface area (Å²) in [4.78, 5) is 31.8. The highest BCUT2D eigenvalue weighted by Crippen LogP contribution is 2.44. The number of carboxylic acids is 2. The van der Waals surface area contributed by atoms with Crippen molar-refractivity contribution in [3.63, 3.8) is 0 Å². The quantitative estimate of drug-likeness (QED) is 0.0642. The summed E-state index contributed by atoms with van der Waals surface area (Å²) in [5.74, 6) is -2.91. The van der Waals surface area contributed by atoms with E-state index < -0.39 is 62.4 Å². The summed E-state index contributed by atoms with van der Waals surface area (Å²) < 4.78 is 88.2. The van der Waals surface area contributed by atoms with Gasteiger partial charge in [-0.25, -0.2) is 39.4 Å². The van der Waals surface area contributed by atoms with Crippen LogP contribution in [-0.2, 0) is 44.5 Å². The first-order valence-electron chi connectivity index (χ1n) is 14.4. The first kappa shape index (κ1) is 35.9. The Morgan fingerprint density at radius 2 is 0.915 bits per heavy atom. The molecular formula is C29H33N3O12S3. The second kappa shape index (κ2) is 14.0. The van der Waals surface area contributed by atoms with Crippen molar-refractivity contribution in [1.29, 1.82) is 0 Å². The predicted octanol–water partition coefficient (Wildman–Crippen LogP) is 2.22. The lowest BCUT2D eigenvalue weighted by Crippen LogP contribution is -2.28. The zero-order valence-electron chi connectivity index (χ0n) is 25.1. The van der Waals surface area contributed by atoms with Crippen molar-refractivity contribution in [3.05, 3.63) is 36.4 Å². The molecule has 0 aromatic heterocycles. The maximum Gasteiger partial charge on any atom is 0.303 e. The van der Waals surface area contributed by atoms with E-state index in [1.54, 1.807) is 0 Å². The van der Waals surface area contributed by atoms with E-state index in [2.05, 4.69) is 14.2 Å². The molecule has 0 aliphatic carbocycles. The molecular weight excluding hydrogens is 679 g/mol. The number of aliphatic carboxylic acids is 2. The van der Waals surface area contributed by atoms with Crippen molar-refractivity contribution < 1.29 is 55.0 Å². The van der Waals surface area contributed by atoms with Gasteiger partial charge in [-0.2, -0.15) is 0 Å². The van der Waals surface area contributed by atoms with Crippen molar-refractivity contribution in [2.75, 3.05) is 19.6 Å². The molecule has 0 aliphatic heterocycles. The maximum atomic E-state index is 13.7. The van der Waals surface area contributed by atoms with Crippen LogP contribution < -0.4 is 14.2 Å². The number of rotatable bonds is 18. The molecule has 0 heterocycles. The molecule has 0 saturated heterocycles. The molecule has 0 spiro atoms. The van der Waals surface area contributed by atoms with Gasteiger partial charge in [0, 0.05) is 77.3 Å². The molecule has 0 bridgehead atoms. The number of ketones is 1. The van der Waals surface area contributed by atoms with E-state index in [9.17, 15) is 44.7 Å². The van der Waals surface area contributed by atoms with Gasteiger partial charge >= 0.3 is 11.9 Å². The second-order valence-electron chi connectivity index (χ2n) is 10.8. The largest absolute Gasteiger partial charge is 0.507 e. The standard InChI is InChI=1S/C29H33N3O12S3/c1-17(33)5-2-12-30-46(41,42)24-16-25(47(43,44)32-14-4-7-27(37)38)21-11-10-19-23(45(39,40)31-13-3-6-26(35)36)15-22(34)18-8-9-20(24)29(21)28(18)19/h8-11,15-16,30-32,34H,2-7,12-14H2,1H3,(H,35,36)(H,37,38). The Morgan fingerprint density at radius 1 is 0.574 bits per heavy atom. The highest BCUT2D eigenvalue weighted by Gasteiger charge is 2.29. The number of phenolic OH excluding ortho intramolecular Hbond substituents is 1.